The molecule has 0 bridgehead atoms. The number of hydrogen-bond donors (Lipinski definition) is 0. The first-order valence-electron chi connectivity index (χ1n) is 8.05. The summed E-state index contributed by atoms with van der Waals surface area (Å²) in [7, 11) is 0. The standard InChI is InChI=1S/C20H18O5/c1-3-23-20(22)13(2)24-15-9-10-16-17(12-15)25-18(19(16)21)11-14-7-5-4-6-8-14/h4-13H,3H2,1-2H3. The van der Waals surface area contributed by atoms with Crippen molar-refractivity contribution in [2.24, 2.45) is 0 Å². The molecular weight excluding hydrogens is 320 g/mol. The third-order valence-corrected chi connectivity index (χ3v) is 3.67. The van der Waals surface area contributed by atoms with Crippen LogP contribution in [0, 0.1) is 0 Å². The molecule has 0 radical (unpaired) electrons. The molecule has 1 heterocycles. The van der Waals surface area contributed by atoms with Crippen molar-refractivity contribution in [2.45, 2.75) is 20.0 Å². The van der Waals surface area contributed by atoms with E-state index in [1.807, 2.05) is 30.3 Å². The summed E-state index contributed by atoms with van der Waals surface area (Å²) >= 11 is 0. The van der Waals surface area contributed by atoms with Gasteiger partial charge in [-0.25, -0.2) is 4.79 Å². The van der Waals surface area contributed by atoms with Gasteiger partial charge < -0.3 is 14.2 Å². The number of Topliss-reactive ketones (excluding diaryl/α,β-unsaturated/α-hetero) is 1. The smallest absolute Gasteiger partial charge is 0.347 e. The van der Waals surface area contributed by atoms with Crippen molar-refractivity contribution in [2.75, 3.05) is 6.61 Å². The molecule has 2 aromatic rings. The van der Waals surface area contributed by atoms with Crippen molar-refractivity contribution < 1.29 is 23.8 Å². The number of allylic oxidation sites excluding steroid dienone is 1. The first kappa shape index (κ1) is 16.8. The van der Waals surface area contributed by atoms with E-state index in [0.29, 0.717) is 23.7 Å². The first-order chi connectivity index (χ1) is 12.1. The van der Waals surface area contributed by atoms with Crippen LogP contribution in [0.2, 0.25) is 0 Å². The Labute approximate surface area is 145 Å². The van der Waals surface area contributed by atoms with Crippen molar-refractivity contribution in [3.05, 3.63) is 65.4 Å². The summed E-state index contributed by atoms with van der Waals surface area (Å²) in [4.78, 5) is 24.1. The SMILES string of the molecule is CCOC(=O)C(C)Oc1ccc2c(c1)OC(=Cc1ccccc1)C2=O. The number of ether oxygens (including phenoxy) is 3. The fourth-order valence-electron chi connectivity index (χ4n) is 2.45. The summed E-state index contributed by atoms with van der Waals surface area (Å²) in [6, 6.07) is 14.4. The lowest BCUT2D eigenvalue weighted by Crippen LogP contribution is -2.26. The van der Waals surface area contributed by atoms with Crippen LogP contribution in [0.4, 0.5) is 0 Å². The van der Waals surface area contributed by atoms with E-state index in [0.717, 1.165) is 5.56 Å². The van der Waals surface area contributed by atoms with Gasteiger partial charge in [0.2, 0.25) is 5.78 Å². The molecule has 5 nitrogen and oxygen atoms in total. The largest absolute Gasteiger partial charge is 0.479 e. The van der Waals surface area contributed by atoms with Gasteiger partial charge >= 0.3 is 5.97 Å². The van der Waals surface area contributed by atoms with Gasteiger partial charge in [0, 0.05) is 6.07 Å². The van der Waals surface area contributed by atoms with Crippen LogP contribution >= 0.6 is 0 Å². The molecule has 0 saturated heterocycles. The molecule has 1 atom stereocenters. The van der Waals surface area contributed by atoms with E-state index in [1.54, 1.807) is 38.1 Å². The molecule has 0 aromatic heterocycles. The molecule has 1 unspecified atom stereocenters. The topological polar surface area (TPSA) is 61.8 Å². The van der Waals surface area contributed by atoms with E-state index in [9.17, 15) is 9.59 Å². The number of fused-ring (bicyclic) bond motifs is 1. The van der Waals surface area contributed by atoms with Crippen LogP contribution in [0.5, 0.6) is 11.5 Å². The highest BCUT2D eigenvalue weighted by atomic mass is 16.6. The van der Waals surface area contributed by atoms with Gasteiger partial charge in [-0.2, -0.15) is 0 Å². The summed E-state index contributed by atoms with van der Waals surface area (Å²) in [6.45, 7) is 3.64. The number of hydrogen-bond acceptors (Lipinski definition) is 5. The minimum absolute atomic E-state index is 0.177. The predicted octanol–water partition coefficient (Wildman–Crippen LogP) is 3.63. The van der Waals surface area contributed by atoms with Crippen LogP contribution in [0.25, 0.3) is 6.08 Å². The fourth-order valence-corrected chi connectivity index (χ4v) is 2.45. The Hall–Kier alpha value is -3.08. The molecular formula is C20H18O5. The van der Waals surface area contributed by atoms with Gasteiger partial charge in [0.15, 0.2) is 11.9 Å². The maximum absolute atomic E-state index is 12.4. The second-order valence-electron chi connectivity index (χ2n) is 5.52. The normalized spacial score (nSPS) is 15.4. The van der Waals surface area contributed by atoms with Gasteiger partial charge in [0.1, 0.15) is 11.5 Å². The zero-order chi connectivity index (χ0) is 17.8. The Morgan fingerprint density at radius 1 is 1.20 bits per heavy atom. The van der Waals surface area contributed by atoms with Crippen LogP contribution < -0.4 is 9.47 Å². The Balaban J connectivity index is 1.78. The highest BCUT2D eigenvalue weighted by molar-refractivity contribution is 6.14. The summed E-state index contributed by atoms with van der Waals surface area (Å²) in [5, 5.41) is 0. The molecule has 0 fully saturated rings. The average Bonchev–Trinajstić information content (AvgIpc) is 2.91. The zero-order valence-corrected chi connectivity index (χ0v) is 14.0. The van der Waals surface area contributed by atoms with Crippen molar-refractivity contribution >= 4 is 17.8 Å². The Morgan fingerprint density at radius 2 is 1.96 bits per heavy atom. The lowest BCUT2D eigenvalue weighted by molar-refractivity contribution is -0.150. The average molecular weight is 338 g/mol. The number of benzene rings is 2. The Bertz CT molecular complexity index is 823. The van der Waals surface area contributed by atoms with E-state index in [-0.39, 0.29) is 11.5 Å². The van der Waals surface area contributed by atoms with Gasteiger partial charge in [0.05, 0.1) is 12.2 Å². The van der Waals surface area contributed by atoms with Crippen LogP contribution in [0.15, 0.2) is 54.3 Å². The number of carbonyl (C=O) groups is 2. The summed E-state index contributed by atoms with van der Waals surface area (Å²) < 4.78 is 16.1. The monoisotopic (exact) mass is 338 g/mol. The maximum atomic E-state index is 12.4. The second kappa shape index (κ2) is 7.21. The molecule has 0 spiro atoms. The second-order valence-corrected chi connectivity index (χ2v) is 5.52. The molecule has 0 saturated carbocycles. The minimum atomic E-state index is -0.741. The van der Waals surface area contributed by atoms with Gasteiger partial charge in [-0.3, -0.25) is 4.79 Å². The molecule has 2 aromatic carbocycles. The number of ketones is 1. The van der Waals surface area contributed by atoms with Gasteiger partial charge in [0.25, 0.3) is 0 Å². The molecule has 128 valence electrons. The van der Waals surface area contributed by atoms with Gasteiger partial charge in [-0.15, -0.1) is 0 Å². The van der Waals surface area contributed by atoms with Crippen LogP contribution in [0.1, 0.15) is 29.8 Å². The van der Waals surface area contributed by atoms with E-state index >= 15 is 0 Å². The van der Waals surface area contributed by atoms with Crippen molar-refractivity contribution in [1.82, 2.24) is 0 Å². The predicted molar refractivity (Wildman–Crippen MR) is 92.5 cm³/mol. The van der Waals surface area contributed by atoms with Crippen molar-refractivity contribution in [3.63, 3.8) is 0 Å². The lowest BCUT2D eigenvalue weighted by atomic mass is 10.1. The van der Waals surface area contributed by atoms with E-state index in [2.05, 4.69) is 0 Å². The highest BCUT2D eigenvalue weighted by Crippen LogP contribution is 2.35. The minimum Gasteiger partial charge on any atom is -0.479 e. The number of carbonyl (C=O) groups excluding carboxylic acids is 2. The molecule has 5 heteroatoms. The third kappa shape index (κ3) is 3.71. The number of esters is 1. The van der Waals surface area contributed by atoms with Crippen molar-refractivity contribution in [3.8, 4) is 11.5 Å². The highest BCUT2D eigenvalue weighted by Gasteiger charge is 2.28. The molecule has 3 rings (SSSR count). The summed E-state index contributed by atoms with van der Waals surface area (Å²) in [6.07, 6.45) is 0.957. The van der Waals surface area contributed by atoms with Gasteiger partial charge in [-0.05, 0) is 37.6 Å². The molecule has 0 amide bonds. The summed E-state index contributed by atoms with van der Waals surface area (Å²) in [5.41, 5.74) is 1.35. The summed E-state index contributed by atoms with van der Waals surface area (Å²) in [5.74, 6) is 0.499. The lowest BCUT2D eigenvalue weighted by Gasteiger charge is -2.13. The molecule has 0 aliphatic carbocycles. The molecule has 1 aliphatic rings. The van der Waals surface area contributed by atoms with Crippen LogP contribution in [0.3, 0.4) is 0 Å². The van der Waals surface area contributed by atoms with Gasteiger partial charge in [-0.1, -0.05) is 30.3 Å². The van der Waals surface area contributed by atoms with E-state index in [4.69, 9.17) is 14.2 Å². The first-order valence-corrected chi connectivity index (χ1v) is 8.05. The fraction of sp³-hybridized carbons (Fsp3) is 0.200. The van der Waals surface area contributed by atoms with E-state index in [1.165, 1.54) is 0 Å². The van der Waals surface area contributed by atoms with Crippen LogP contribution in [-0.2, 0) is 9.53 Å². The quantitative estimate of drug-likeness (QED) is 0.615. The third-order valence-electron chi connectivity index (χ3n) is 3.67. The molecule has 0 N–H and O–H groups in total. The molecule has 1 aliphatic heterocycles. The maximum Gasteiger partial charge on any atom is 0.347 e. The van der Waals surface area contributed by atoms with Crippen LogP contribution in [-0.4, -0.2) is 24.5 Å². The van der Waals surface area contributed by atoms with E-state index < -0.39 is 12.1 Å². The number of rotatable bonds is 5. The Kier molecular flexibility index (Phi) is 4.84. The zero-order valence-electron chi connectivity index (χ0n) is 14.0. The molecule has 25 heavy (non-hydrogen) atoms. The van der Waals surface area contributed by atoms with Crippen molar-refractivity contribution in [1.29, 1.82) is 0 Å². The Morgan fingerprint density at radius 3 is 2.68 bits per heavy atom.